The van der Waals surface area contributed by atoms with Gasteiger partial charge >= 0.3 is 0 Å². The first-order chi connectivity index (χ1) is 6.61. The quantitative estimate of drug-likeness (QED) is 0.547. The highest BCUT2D eigenvalue weighted by molar-refractivity contribution is 5.83. The van der Waals surface area contributed by atoms with Crippen LogP contribution in [-0.2, 0) is 0 Å². The molecule has 0 aromatic carbocycles. The SMILES string of the molecule is CC(C)CN=C(N)C1CCCCC1C. The molecule has 1 aliphatic carbocycles. The summed E-state index contributed by atoms with van der Waals surface area (Å²) in [4.78, 5) is 4.49. The van der Waals surface area contributed by atoms with Crippen LogP contribution < -0.4 is 5.73 Å². The number of aliphatic imine (C=N–C) groups is 1. The number of hydrogen-bond acceptors (Lipinski definition) is 1. The van der Waals surface area contributed by atoms with Crippen molar-refractivity contribution in [2.75, 3.05) is 6.54 Å². The summed E-state index contributed by atoms with van der Waals surface area (Å²) >= 11 is 0. The fraction of sp³-hybridized carbons (Fsp3) is 0.917. The second kappa shape index (κ2) is 5.38. The maximum atomic E-state index is 6.04. The summed E-state index contributed by atoms with van der Waals surface area (Å²) < 4.78 is 0. The normalized spacial score (nSPS) is 29.6. The average molecular weight is 196 g/mol. The van der Waals surface area contributed by atoms with E-state index in [0.29, 0.717) is 11.8 Å². The highest BCUT2D eigenvalue weighted by Gasteiger charge is 2.24. The van der Waals surface area contributed by atoms with E-state index in [9.17, 15) is 0 Å². The molecule has 0 saturated heterocycles. The third-order valence-electron chi connectivity index (χ3n) is 3.13. The molecule has 14 heavy (non-hydrogen) atoms. The van der Waals surface area contributed by atoms with Gasteiger partial charge in [0, 0.05) is 12.5 Å². The maximum Gasteiger partial charge on any atom is 0.0971 e. The molecule has 0 aromatic rings. The lowest BCUT2D eigenvalue weighted by molar-refractivity contribution is 0.322. The minimum atomic E-state index is 0.558. The molecule has 82 valence electrons. The van der Waals surface area contributed by atoms with Crippen LogP contribution in [0.5, 0.6) is 0 Å². The van der Waals surface area contributed by atoms with Crippen LogP contribution in [0, 0.1) is 17.8 Å². The van der Waals surface area contributed by atoms with E-state index in [1.54, 1.807) is 0 Å². The lowest BCUT2D eigenvalue weighted by Gasteiger charge is -2.28. The Bertz CT molecular complexity index is 196. The zero-order chi connectivity index (χ0) is 10.6. The minimum absolute atomic E-state index is 0.558. The van der Waals surface area contributed by atoms with Gasteiger partial charge < -0.3 is 5.73 Å². The Morgan fingerprint density at radius 2 is 2.00 bits per heavy atom. The van der Waals surface area contributed by atoms with E-state index >= 15 is 0 Å². The molecule has 0 bridgehead atoms. The molecule has 1 aliphatic rings. The highest BCUT2D eigenvalue weighted by atomic mass is 14.9. The first kappa shape index (κ1) is 11.5. The predicted octanol–water partition coefficient (Wildman–Crippen LogP) is 2.83. The standard InChI is InChI=1S/C12H24N2/c1-9(2)8-14-12(13)11-7-5-4-6-10(11)3/h9-11H,4-8H2,1-3H3,(H2,13,14). The first-order valence-electron chi connectivity index (χ1n) is 5.91. The smallest absolute Gasteiger partial charge is 0.0971 e. The number of hydrogen-bond donors (Lipinski definition) is 1. The third-order valence-corrected chi connectivity index (χ3v) is 3.13. The zero-order valence-corrected chi connectivity index (χ0v) is 9.79. The van der Waals surface area contributed by atoms with Gasteiger partial charge in [0.25, 0.3) is 0 Å². The topological polar surface area (TPSA) is 38.4 Å². The third kappa shape index (κ3) is 3.32. The van der Waals surface area contributed by atoms with E-state index in [0.717, 1.165) is 18.3 Å². The Morgan fingerprint density at radius 1 is 1.36 bits per heavy atom. The molecule has 0 spiro atoms. The molecule has 0 amide bonds. The summed E-state index contributed by atoms with van der Waals surface area (Å²) in [7, 11) is 0. The fourth-order valence-electron chi connectivity index (χ4n) is 2.16. The number of nitrogens with two attached hydrogens (primary N) is 1. The van der Waals surface area contributed by atoms with Gasteiger partial charge in [-0.3, -0.25) is 4.99 Å². The van der Waals surface area contributed by atoms with Crippen LogP contribution in [0.4, 0.5) is 0 Å². The maximum absolute atomic E-state index is 6.04. The van der Waals surface area contributed by atoms with Gasteiger partial charge in [-0.2, -0.15) is 0 Å². The molecule has 2 nitrogen and oxygen atoms in total. The predicted molar refractivity (Wildman–Crippen MR) is 62.4 cm³/mol. The summed E-state index contributed by atoms with van der Waals surface area (Å²) in [5.41, 5.74) is 6.04. The molecule has 2 atom stereocenters. The second-order valence-corrected chi connectivity index (χ2v) is 5.03. The van der Waals surface area contributed by atoms with Crippen molar-refractivity contribution >= 4 is 5.84 Å². The van der Waals surface area contributed by atoms with Crippen LogP contribution in [0.2, 0.25) is 0 Å². The van der Waals surface area contributed by atoms with Gasteiger partial charge in [-0.05, 0) is 18.3 Å². The summed E-state index contributed by atoms with van der Waals surface area (Å²) in [5.74, 6) is 2.82. The Morgan fingerprint density at radius 3 is 2.57 bits per heavy atom. The van der Waals surface area contributed by atoms with Crippen molar-refractivity contribution in [3.05, 3.63) is 0 Å². The zero-order valence-electron chi connectivity index (χ0n) is 9.79. The fourth-order valence-corrected chi connectivity index (χ4v) is 2.16. The Balaban J connectivity index is 2.48. The van der Waals surface area contributed by atoms with Crippen molar-refractivity contribution < 1.29 is 0 Å². The molecule has 2 unspecified atom stereocenters. The molecule has 1 rings (SSSR count). The van der Waals surface area contributed by atoms with E-state index in [1.807, 2.05) is 0 Å². The average Bonchev–Trinajstić information content (AvgIpc) is 2.15. The molecule has 0 aliphatic heterocycles. The Kier molecular flexibility index (Phi) is 4.43. The molecule has 1 fully saturated rings. The van der Waals surface area contributed by atoms with Gasteiger partial charge in [0.05, 0.1) is 5.84 Å². The van der Waals surface area contributed by atoms with E-state index in [1.165, 1.54) is 25.7 Å². The van der Waals surface area contributed by atoms with Gasteiger partial charge in [0.1, 0.15) is 0 Å². The molecule has 0 aromatic heterocycles. The Labute approximate surface area is 88.0 Å². The first-order valence-corrected chi connectivity index (χ1v) is 5.91. The van der Waals surface area contributed by atoms with Gasteiger partial charge in [-0.15, -0.1) is 0 Å². The van der Waals surface area contributed by atoms with Crippen LogP contribution in [0.15, 0.2) is 4.99 Å². The summed E-state index contributed by atoms with van der Waals surface area (Å²) in [6.45, 7) is 7.55. The van der Waals surface area contributed by atoms with Crippen molar-refractivity contribution in [3.63, 3.8) is 0 Å². The number of nitrogens with zero attached hydrogens (tertiary/aromatic N) is 1. The number of amidine groups is 1. The van der Waals surface area contributed by atoms with Crippen molar-refractivity contribution in [1.82, 2.24) is 0 Å². The van der Waals surface area contributed by atoms with Crippen molar-refractivity contribution in [2.45, 2.75) is 46.5 Å². The van der Waals surface area contributed by atoms with E-state index in [4.69, 9.17) is 5.73 Å². The molecule has 2 heteroatoms. The molecule has 1 saturated carbocycles. The minimum Gasteiger partial charge on any atom is -0.387 e. The molecule has 0 heterocycles. The summed E-state index contributed by atoms with van der Waals surface area (Å²) in [5, 5.41) is 0. The van der Waals surface area contributed by atoms with Crippen molar-refractivity contribution in [1.29, 1.82) is 0 Å². The van der Waals surface area contributed by atoms with Crippen LogP contribution in [0.25, 0.3) is 0 Å². The van der Waals surface area contributed by atoms with Crippen LogP contribution >= 0.6 is 0 Å². The summed E-state index contributed by atoms with van der Waals surface area (Å²) in [6.07, 6.45) is 5.26. The Hall–Kier alpha value is -0.530. The number of rotatable bonds is 3. The van der Waals surface area contributed by atoms with Gasteiger partial charge in [-0.25, -0.2) is 0 Å². The van der Waals surface area contributed by atoms with E-state index in [-0.39, 0.29) is 0 Å². The molecular weight excluding hydrogens is 172 g/mol. The van der Waals surface area contributed by atoms with Crippen molar-refractivity contribution in [2.24, 2.45) is 28.5 Å². The molecule has 0 radical (unpaired) electrons. The van der Waals surface area contributed by atoms with E-state index in [2.05, 4.69) is 25.8 Å². The van der Waals surface area contributed by atoms with Crippen LogP contribution in [0.1, 0.15) is 46.5 Å². The second-order valence-electron chi connectivity index (χ2n) is 5.03. The van der Waals surface area contributed by atoms with Gasteiger partial charge in [0.15, 0.2) is 0 Å². The van der Waals surface area contributed by atoms with Gasteiger partial charge in [0.2, 0.25) is 0 Å². The highest BCUT2D eigenvalue weighted by Crippen LogP contribution is 2.29. The van der Waals surface area contributed by atoms with Gasteiger partial charge in [-0.1, -0.05) is 40.0 Å². The molecular formula is C12H24N2. The lowest BCUT2D eigenvalue weighted by Crippen LogP contribution is -2.31. The van der Waals surface area contributed by atoms with Crippen molar-refractivity contribution in [3.8, 4) is 0 Å². The van der Waals surface area contributed by atoms with E-state index < -0.39 is 0 Å². The largest absolute Gasteiger partial charge is 0.387 e. The summed E-state index contributed by atoms with van der Waals surface area (Å²) in [6, 6.07) is 0. The lowest BCUT2D eigenvalue weighted by atomic mass is 9.80. The van der Waals surface area contributed by atoms with Crippen LogP contribution in [0.3, 0.4) is 0 Å². The monoisotopic (exact) mass is 196 g/mol. The van der Waals surface area contributed by atoms with Crippen LogP contribution in [-0.4, -0.2) is 12.4 Å². The molecule has 2 N–H and O–H groups in total.